The Hall–Kier alpha value is -2.28. The quantitative estimate of drug-likeness (QED) is 0.884. The Morgan fingerprint density at radius 3 is 2.84 bits per heavy atom. The van der Waals surface area contributed by atoms with E-state index in [0.29, 0.717) is 17.7 Å². The molecule has 2 aromatic rings. The summed E-state index contributed by atoms with van der Waals surface area (Å²) in [5, 5.41) is 10.3. The number of amides is 2. The van der Waals surface area contributed by atoms with Gasteiger partial charge < -0.3 is 10.6 Å². The third-order valence-corrected chi connectivity index (χ3v) is 5.52. The molecule has 7 heteroatoms. The number of nitrogens with one attached hydrogen (secondary N) is 2. The molecule has 0 radical (unpaired) electrons. The van der Waals surface area contributed by atoms with Crippen LogP contribution in [0.5, 0.6) is 0 Å². The van der Waals surface area contributed by atoms with E-state index in [-0.39, 0.29) is 17.9 Å². The molecule has 0 fully saturated rings. The van der Waals surface area contributed by atoms with Crippen LogP contribution < -0.4 is 10.6 Å². The van der Waals surface area contributed by atoms with E-state index in [1.807, 2.05) is 38.6 Å². The third-order valence-electron chi connectivity index (χ3n) is 4.45. The van der Waals surface area contributed by atoms with Crippen LogP contribution in [-0.2, 0) is 11.8 Å². The average Bonchev–Trinajstić information content (AvgIpc) is 2.71. The zero-order valence-electron chi connectivity index (χ0n) is 14.8. The molecule has 0 unspecified atom stereocenters. The molecule has 1 aromatic heterocycles. The van der Waals surface area contributed by atoms with Crippen LogP contribution in [-0.4, -0.2) is 27.3 Å². The van der Waals surface area contributed by atoms with E-state index in [2.05, 4.69) is 15.7 Å². The number of nitrogens with zero attached hydrogens (tertiary/aromatic N) is 2. The second-order valence-corrected chi connectivity index (χ2v) is 7.40. The van der Waals surface area contributed by atoms with E-state index in [9.17, 15) is 9.59 Å². The molecule has 6 nitrogen and oxygen atoms in total. The number of thioether (sulfide) groups is 1. The van der Waals surface area contributed by atoms with Crippen molar-refractivity contribution in [3.05, 3.63) is 40.7 Å². The van der Waals surface area contributed by atoms with E-state index in [0.717, 1.165) is 27.6 Å². The highest BCUT2D eigenvalue weighted by molar-refractivity contribution is 7.99. The Balaban J connectivity index is 1.80. The first-order chi connectivity index (χ1) is 11.9. The molecule has 3 rings (SSSR count). The fourth-order valence-electron chi connectivity index (χ4n) is 3.13. The molecule has 2 amide bonds. The highest BCUT2D eigenvalue weighted by Gasteiger charge is 2.20. The summed E-state index contributed by atoms with van der Waals surface area (Å²) in [5.74, 6) is 0.571. The number of carbonyl (C=O) groups excluding carboxylic acids is 2. The van der Waals surface area contributed by atoms with E-state index in [1.165, 1.54) is 0 Å². The van der Waals surface area contributed by atoms with Gasteiger partial charge in [0.15, 0.2) is 0 Å². The van der Waals surface area contributed by atoms with Crippen molar-refractivity contribution in [2.75, 3.05) is 11.1 Å². The van der Waals surface area contributed by atoms with Crippen molar-refractivity contribution < 1.29 is 9.59 Å². The lowest BCUT2D eigenvalue weighted by Gasteiger charge is -2.16. The van der Waals surface area contributed by atoms with E-state index in [4.69, 9.17) is 0 Å². The molecule has 2 N–H and O–H groups in total. The van der Waals surface area contributed by atoms with Gasteiger partial charge in [-0.05, 0) is 39.0 Å². The average molecular weight is 358 g/mol. The van der Waals surface area contributed by atoms with Crippen LogP contribution in [0.3, 0.4) is 0 Å². The molecule has 132 valence electrons. The number of hydrogen-bond donors (Lipinski definition) is 2. The lowest BCUT2D eigenvalue weighted by molar-refractivity contribution is -0.115. The summed E-state index contributed by atoms with van der Waals surface area (Å²) in [6.45, 7) is 5.89. The van der Waals surface area contributed by atoms with Crippen LogP contribution in [0, 0.1) is 13.8 Å². The molecule has 1 aliphatic heterocycles. The molecule has 0 spiro atoms. The van der Waals surface area contributed by atoms with Gasteiger partial charge in [0.1, 0.15) is 0 Å². The fourth-order valence-corrected chi connectivity index (χ4v) is 4.07. The first-order valence-corrected chi connectivity index (χ1v) is 9.23. The molecule has 0 saturated carbocycles. The SMILES string of the molecule is Cc1nn(C)c(C)c1[C@H](C)NC(=O)c1ccc2c(c1)NC(=O)CCS2. The minimum Gasteiger partial charge on any atom is -0.345 e. The summed E-state index contributed by atoms with van der Waals surface area (Å²) in [4.78, 5) is 25.4. The topological polar surface area (TPSA) is 76.0 Å². The minimum absolute atomic E-state index is 0.0150. The Labute approximate surface area is 151 Å². The number of fused-ring (bicyclic) bond motifs is 1. The van der Waals surface area contributed by atoms with Gasteiger partial charge >= 0.3 is 0 Å². The molecule has 1 aliphatic rings. The molecule has 0 saturated heterocycles. The minimum atomic E-state index is -0.165. The number of rotatable bonds is 3. The predicted molar refractivity (Wildman–Crippen MR) is 99.0 cm³/mol. The maximum atomic E-state index is 12.7. The van der Waals surface area contributed by atoms with Crippen molar-refractivity contribution in [3.8, 4) is 0 Å². The lowest BCUT2D eigenvalue weighted by Crippen LogP contribution is -2.27. The van der Waals surface area contributed by atoms with Gasteiger partial charge in [0.05, 0.1) is 17.4 Å². The first-order valence-electron chi connectivity index (χ1n) is 8.24. The van der Waals surface area contributed by atoms with E-state index >= 15 is 0 Å². The Kier molecular flexibility index (Phi) is 4.85. The summed E-state index contributed by atoms with van der Waals surface area (Å²) >= 11 is 1.63. The van der Waals surface area contributed by atoms with Crippen LogP contribution in [0.2, 0.25) is 0 Å². The van der Waals surface area contributed by atoms with Gasteiger partial charge in [-0.2, -0.15) is 5.10 Å². The number of hydrogen-bond acceptors (Lipinski definition) is 4. The number of carbonyl (C=O) groups is 2. The van der Waals surface area contributed by atoms with Crippen molar-refractivity contribution in [1.29, 1.82) is 0 Å². The number of aryl methyl sites for hydroxylation is 2. The highest BCUT2D eigenvalue weighted by Crippen LogP contribution is 2.31. The molecule has 1 aromatic carbocycles. The standard InChI is InChI=1S/C18H22N4O2S/c1-10(17-11(2)21-22(4)12(17)3)19-18(24)13-5-6-15-14(9-13)20-16(23)7-8-25-15/h5-6,9-10H,7-8H2,1-4H3,(H,19,24)(H,20,23)/t10-/m0/s1. The number of aromatic nitrogens is 2. The Morgan fingerprint density at radius 2 is 2.16 bits per heavy atom. The molecule has 2 heterocycles. The van der Waals surface area contributed by atoms with Gasteiger partial charge in [-0.3, -0.25) is 14.3 Å². The first kappa shape index (κ1) is 17.5. The zero-order valence-corrected chi connectivity index (χ0v) is 15.7. The van der Waals surface area contributed by atoms with Gasteiger partial charge in [0.2, 0.25) is 5.91 Å². The number of benzene rings is 1. The predicted octanol–water partition coefficient (Wildman–Crippen LogP) is 2.96. The van der Waals surface area contributed by atoms with Crippen molar-refractivity contribution in [2.45, 2.75) is 38.1 Å². The maximum Gasteiger partial charge on any atom is 0.251 e. The molecule has 0 bridgehead atoms. The summed E-state index contributed by atoms with van der Waals surface area (Å²) in [7, 11) is 1.90. The van der Waals surface area contributed by atoms with Crippen LogP contribution in [0.25, 0.3) is 0 Å². The molecular weight excluding hydrogens is 336 g/mol. The van der Waals surface area contributed by atoms with Crippen LogP contribution in [0.1, 0.15) is 46.7 Å². The van der Waals surface area contributed by atoms with Gasteiger partial charge in [-0.15, -0.1) is 11.8 Å². The molecule has 1 atom stereocenters. The number of anilines is 1. The Bertz CT molecular complexity index is 844. The molecular formula is C18H22N4O2S. The van der Waals surface area contributed by atoms with E-state index < -0.39 is 0 Å². The molecule has 0 aliphatic carbocycles. The fraction of sp³-hybridized carbons (Fsp3) is 0.389. The van der Waals surface area contributed by atoms with E-state index in [1.54, 1.807) is 23.9 Å². The third kappa shape index (κ3) is 3.56. The van der Waals surface area contributed by atoms with Crippen LogP contribution >= 0.6 is 11.8 Å². The van der Waals surface area contributed by atoms with Gasteiger partial charge in [0, 0.05) is 40.9 Å². The van der Waals surface area contributed by atoms with Gasteiger partial charge in [0.25, 0.3) is 5.91 Å². The smallest absolute Gasteiger partial charge is 0.251 e. The Morgan fingerprint density at radius 1 is 1.40 bits per heavy atom. The second kappa shape index (κ2) is 6.92. The highest BCUT2D eigenvalue weighted by atomic mass is 32.2. The monoisotopic (exact) mass is 358 g/mol. The van der Waals surface area contributed by atoms with Crippen molar-refractivity contribution in [2.24, 2.45) is 7.05 Å². The van der Waals surface area contributed by atoms with Gasteiger partial charge in [-0.1, -0.05) is 0 Å². The van der Waals surface area contributed by atoms with Crippen LogP contribution in [0.4, 0.5) is 5.69 Å². The zero-order chi connectivity index (χ0) is 18.1. The largest absolute Gasteiger partial charge is 0.345 e. The summed E-state index contributed by atoms with van der Waals surface area (Å²) in [6.07, 6.45) is 0.484. The molecule has 25 heavy (non-hydrogen) atoms. The summed E-state index contributed by atoms with van der Waals surface area (Å²) < 4.78 is 1.82. The van der Waals surface area contributed by atoms with Gasteiger partial charge in [-0.25, -0.2) is 0 Å². The van der Waals surface area contributed by atoms with Crippen molar-refractivity contribution in [3.63, 3.8) is 0 Å². The summed E-state index contributed by atoms with van der Waals surface area (Å²) in [6, 6.07) is 5.29. The maximum absolute atomic E-state index is 12.7. The van der Waals surface area contributed by atoms with Crippen molar-refractivity contribution in [1.82, 2.24) is 15.1 Å². The summed E-state index contributed by atoms with van der Waals surface area (Å²) in [5.41, 5.74) is 4.23. The lowest BCUT2D eigenvalue weighted by atomic mass is 10.1. The van der Waals surface area contributed by atoms with Crippen LogP contribution in [0.15, 0.2) is 23.1 Å². The second-order valence-electron chi connectivity index (χ2n) is 6.26. The normalized spacial score (nSPS) is 15.1. The van der Waals surface area contributed by atoms with Crippen molar-refractivity contribution >= 4 is 29.3 Å².